The van der Waals surface area contributed by atoms with E-state index in [-0.39, 0.29) is 17.9 Å². The highest BCUT2D eigenvalue weighted by atomic mass is 35.5. The van der Waals surface area contributed by atoms with E-state index in [2.05, 4.69) is 4.74 Å². The van der Waals surface area contributed by atoms with E-state index in [1.165, 1.54) is 6.92 Å². The van der Waals surface area contributed by atoms with Crippen LogP contribution < -0.4 is 0 Å². The average molecular weight is 269 g/mol. The SMILES string of the molecule is CCOC(=O)C(=O)/C(C)=C(/O)c1ccc(Cl)cc1. The molecule has 0 radical (unpaired) electrons. The van der Waals surface area contributed by atoms with Gasteiger partial charge in [-0.15, -0.1) is 0 Å². The fourth-order valence-corrected chi connectivity index (χ4v) is 1.41. The number of benzene rings is 1. The normalized spacial score (nSPS) is 11.7. The molecule has 0 aliphatic carbocycles. The molecule has 18 heavy (non-hydrogen) atoms. The van der Waals surface area contributed by atoms with Gasteiger partial charge in [-0.1, -0.05) is 11.6 Å². The maximum absolute atomic E-state index is 11.6. The Balaban J connectivity index is 3.01. The fourth-order valence-electron chi connectivity index (χ4n) is 1.28. The molecule has 0 amide bonds. The van der Waals surface area contributed by atoms with Gasteiger partial charge in [0.05, 0.1) is 6.61 Å². The summed E-state index contributed by atoms with van der Waals surface area (Å²) in [7, 11) is 0. The summed E-state index contributed by atoms with van der Waals surface area (Å²) in [5.74, 6) is -2.09. The largest absolute Gasteiger partial charge is 0.507 e. The van der Waals surface area contributed by atoms with Gasteiger partial charge >= 0.3 is 5.97 Å². The molecule has 96 valence electrons. The highest BCUT2D eigenvalue weighted by Crippen LogP contribution is 2.19. The van der Waals surface area contributed by atoms with Gasteiger partial charge in [-0.05, 0) is 38.1 Å². The molecule has 0 fully saturated rings. The fraction of sp³-hybridized carbons (Fsp3) is 0.231. The van der Waals surface area contributed by atoms with Gasteiger partial charge in [0.25, 0.3) is 5.78 Å². The van der Waals surface area contributed by atoms with Crippen molar-refractivity contribution in [3.8, 4) is 0 Å². The van der Waals surface area contributed by atoms with Crippen LogP contribution in [-0.4, -0.2) is 23.5 Å². The summed E-state index contributed by atoms with van der Waals surface area (Å²) in [5.41, 5.74) is 0.352. The van der Waals surface area contributed by atoms with Gasteiger partial charge < -0.3 is 9.84 Å². The standard InChI is InChI=1S/C13H13ClO4/c1-3-18-13(17)12(16)8(2)11(15)9-4-6-10(14)7-5-9/h4-7,15H,3H2,1-2H3/b11-8+. The Morgan fingerprint density at radius 3 is 2.33 bits per heavy atom. The van der Waals surface area contributed by atoms with Crippen molar-refractivity contribution in [3.05, 3.63) is 40.4 Å². The van der Waals surface area contributed by atoms with Gasteiger partial charge in [-0.25, -0.2) is 4.79 Å². The third kappa shape index (κ3) is 3.34. The maximum atomic E-state index is 11.6. The van der Waals surface area contributed by atoms with Crippen molar-refractivity contribution in [2.45, 2.75) is 13.8 Å². The Labute approximate surface area is 110 Å². The molecule has 0 aliphatic rings. The molecule has 0 saturated carbocycles. The van der Waals surface area contributed by atoms with Crippen LogP contribution >= 0.6 is 11.6 Å². The third-order valence-corrected chi connectivity index (χ3v) is 2.53. The van der Waals surface area contributed by atoms with E-state index in [4.69, 9.17) is 11.6 Å². The second-order valence-corrected chi connectivity index (χ2v) is 3.97. The van der Waals surface area contributed by atoms with E-state index >= 15 is 0 Å². The first-order valence-electron chi connectivity index (χ1n) is 5.34. The van der Waals surface area contributed by atoms with Crippen molar-refractivity contribution < 1.29 is 19.4 Å². The predicted molar refractivity (Wildman–Crippen MR) is 68.3 cm³/mol. The first-order chi connectivity index (χ1) is 8.47. The van der Waals surface area contributed by atoms with Crippen LogP contribution in [0.2, 0.25) is 5.02 Å². The number of ether oxygens (including phenoxy) is 1. The molecule has 0 aromatic heterocycles. The molecule has 1 N–H and O–H groups in total. The van der Waals surface area contributed by atoms with Crippen molar-refractivity contribution in [3.63, 3.8) is 0 Å². The number of carbonyl (C=O) groups is 2. The van der Waals surface area contributed by atoms with Crippen LogP contribution in [0.3, 0.4) is 0 Å². The molecule has 1 rings (SSSR count). The second-order valence-electron chi connectivity index (χ2n) is 3.53. The molecule has 5 heteroatoms. The summed E-state index contributed by atoms with van der Waals surface area (Å²) >= 11 is 5.71. The van der Waals surface area contributed by atoms with E-state index < -0.39 is 11.8 Å². The van der Waals surface area contributed by atoms with Crippen molar-refractivity contribution in [2.24, 2.45) is 0 Å². The van der Waals surface area contributed by atoms with E-state index in [0.717, 1.165) is 0 Å². The summed E-state index contributed by atoms with van der Waals surface area (Å²) in [5, 5.41) is 10.4. The molecule has 0 bridgehead atoms. The molecule has 1 aromatic carbocycles. The second kappa shape index (κ2) is 6.21. The van der Waals surface area contributed by atoms with Crippen LogP contribution in [0.15, 0.2) is 29.8 Å². The van der Waals surface area contributed by atoms with Crippen molar-refractivity contribution in [2.75, 3.05) is 6.61 Å². The minimum Gasteiger partial charge on any atom is -0.507 e. The summed E-state index contributed by atoms with van der Waals surface area (Å²) in [6.45, 7) is 3.08. The summed E-state index contributed by atoms with van der Waals surface area (Å²) in [6.07, 6.45) is 0. The first-order valence-corrected chi connectivity index (χ1v) is 5.72. The minimum atomic E-state index is -0.976. The van der Waals surface area contributed by atoms with E-state index in [9.17, 15) is 14.7 Å². The van der Waals surface area contributed by atoms with Gasteiger partial charge in [0.1, 0.15) is 5.76 Å². The van der Waals surface area contributed by atoms with Crippen molar-refractivity contribution in [1.82, 2.24) is 0 Å². The summed E-state index contributed by atoms with van der Waals surface area (Å²) in [6, 6.07) is 6.27. The Morgan fingerprint density at radius 1 is 1.28 bits per heavy atom. The average Bonchev–Trinajstić information content (AvgIpc) is 2.37. The van der Waals surface area contributed by atoms with E-state index in [1.54, 1.807) is 31.2 Å². The number of carbonyl (C=O) groups excluding carboxylic acids is 2. The van der Waals surface area contributed by atoms with E-state index in [0.29, 0.717) is 10.6 Å². The Kier molecular flexibility index (Phi) is 4.92. The first kappa shape index (κ1) is 14.3. The molecule has 0 unspecified atom stereocenters. The van der Waals surface area contributed by atoms with E-state index in [1.807, 2.05) is 0 Å². The number of rotatable bonds is 4. The van der Waals surface area contributed by atoms with Crippen LogP contribution in [-0.2, 0) is 14.3 Å². The van der Waals surface area contributed by atoms with Crippen LogP contribution in [0.25, 0.3) is 5.76 Å². The summed E-state index contributed by atoms with van der Waals surface area (Å²) in [4.78, 5) is 22.8. The van der Waals surface area contributed by atoms with Gasteiger partial charge in [0.2, 0.25) is 0 Å². The Bertz CT molecular complexity index is 488. The van der Waals surface area contributed by atoms with Crippen LogP contribution in [0.5, 0.6) is 0 Å². The van der Waals surface area contributed by atoms with Gasteiger partial charge in [-0.3, -0.25) is 4.79 Å². The van der Waals surface area contributed by atoms with Crippen LogP contribution in [0.4, 0.5) is 0 Å². The van der Waals surface area contributed by atoms with Gasteiger partial charge in [0, 0.05) is 16.2 Å². The number of esters is 1. The molecular formula is C13H13ClO4. The van der Waals surface area contributed by atoms with Crippen molar-refractivity contribution >= 4 is 29.1 Å². The zero-order valence-electron chi connectivity index (χ0n) is 10.1. The topological polar surface area (TPSA) is 63.6 Å². The molecule has 0 saturated heterocycles. The number of hydrogen-bond acceptors (Lipinski definition) is 4. The minimum absolute atomic E-state index is 0.0595. The van der Waals surface area contributed by atoms with Crippen molar-refractivity contribution in [1.29, 1.82) is 0 Å². The lowest BCUT2D eigenvalue weighted by atomic mass is 10.1. The molecular weight excluding hydrogens is 256 g/mol. The number of aliphatic hydroxyl groups excluding tert-OH is 1. The molecule has 1 aromatic rings. The lowest BCUT2D eigenvalue weighted by molar-refractivity contribution is -0.151. The van der Waals surface area contributed by atoms with Crippen LogP contribution in [0, 0.1) is 0 Å². The number of halogens is 1. The van der Waals surface area contributed by atoms with Gasteiger partial charge in [-0.2, -0.15) is 0 Å². The number of aliphatic hydroxyl groups is 1. The zero-order chi connectivity index (χ0) is 13.7. The molecule has 0 aliphatic heterocycles. The Hall–Kier alpha value is -1.81. The number of Topliss-reactive ketones (excluding diaryl/α,β-unsaturated/α-hetero) is 1. The lowest BCUT2D eigenvalue weighted by Crippen LogP contribution is -2.19. The van der Waals surface area contributed by atoms with Crippen LogP contribution in [0.1, 0.15) is 19.4 Å². The number of hydrogen-bond donors (Lipinski definition) is 1. The maximum Gasteiger partial charge on any atom is 0.379 e. The molecule has 4 nitrogen and oxygen atoms in total. The lowest BCUT2D eigenvalue weighted by Gasteiger charge is -2.05. The third-order valence-electron chi connectivity index (χ3n) is 2.27. The smallest absolute Gasteiger partial charge is 0.379 e. The number of ketones is 1. The summed E-state index contributed by atoms with van der Waals surface area (Å²) < 4.78 is 4.58. The molecule has 0 atom stereocenters. The highest BCUT2D eigenvalue weighted by Gasteiger charge is 2.20. The molecule has 0 heterocycles. The predicted octanol–water partition coefficient (Wildman–Crippen LogP) is 2.76. The quantitative estimate of drug-likeness (QED) is 0.395. The zero-order valence-corrected chi connectivity index (χ0v) is 10.8. The highest BCUT2D eigenvalue weighted by molar-refractivity contribution is 6.41. The Morgan fingerprint density at radius 2 is 1.83 bits per heavy atom. The monoisotopic (exact) mass is 268 g/mol. The molecule has 0 spiro atoms. The van der Waals surface area contributed by atoms with Gasteiger partial charge in [0.15, 0.2) is 0 Å².